The third-order valence-electron chi connectivity index (χ3n) is 4.71. The van der Waals surface area contributed by atoms with E-state index in [9.17, 15) is 20.0 Å². The summed E-state index contributed by atoms with van der Waals surface area (Å²) in [5.74, 6) is -0.495. The van der Waals surface area contributed by atoms with E-state index in [0.717, 1.165) is 39.8 Å². The summed E-state index contributed by atoms with van der Waals surface area (Å²) in [7, 11) is 0. The molecule has 2 heterocycles. The fraction of sp³-hybridized carbons (Fsp3) is 0.200. The maximum Gasteiger partial charge on any atom is 0.335 e. The molecular weight excluding hydrogens is 376 g/mol. The van der Waals surface area contributed by atoms with E-state index in [1.807, 2.05) is 13.0 Å². The smallest absolute Gasteiger partial charge is 0.335 e. The Hall–Kier alpha value is -3.44. The molecule has 0 radical (unpaired) electrons. The molecule has 7 nitrogen and oxygen atoms in total. The van der Waals surface area contributed by atoms with Crippen molar-refractivity contribution in [3.8, 4) is 17.6 Å². The van der Waals surface area contributed by atoms with Crippen molar-refractivity contribution in [2.75, 3.05) is 0 Å². The van der Waals surface area contributed by atoms with Gasteiger partial charge < -0.3 is 5.11 Å². The Morgan fingerprint density at radius 2 is 2.18 bits per heavy atom. The van der Waals surface area contributed by atoms with E-state index in [-0.39, 0.29) is 5.56 Å². The van der Waals surface area contributed by atoms with E-state index in [1.54, 1.807) is 18.2 Å². The van der Waals surface area contributed by atoms with Crippen LogP contribution in [0.5, 0.6) is 5.88 Å². The number of aromatic amines is 1. The minimum atomic E-state index is -0.738. The van der Waals surface area contributed by atoms with Crippen molar-refractivity contribution >= 4 is 22.6 Å². The predicted molar refractivity (Wildman–Crippen MR) is 107 cm³/mol. The third kappa shape index (κ3) is 2.96. The van der Waals surface area contributed by atoms with E-state index in [1.165, 1.54) is 17.6 Å². The average molecular weight is 392 g/mol. The molecule has 3 aromatic rings. The number of nitrogens with one attached hydrogen (secondary N) is 1. The summed E-state index contributed by atoms with van der Waals surface area (Å²) in [6, 6.07) is 9.18. The molecule has 0 unspecified atom stereocenters. The van der Waals surface area contributed by atoms with Crippen molar-refractivity contribution in [3.63, 3.8) is 0 Å². The summed E-state index contributed by atoms with van der Waals surface area (Å²) < 4.78 is 1.02. The largest absolute Gasteiger partial charge is 0.493 e. The van der Waals surface area contributed by atoms with Gasteiger partial charge in [-0.3, -0.25) is 9.78 Å². The number of benzene rings is 1. The Labute approximate surface area is 163 Å². The van der Waals surface area contributed by atoms with E-state index in [4.69, 9.17) is 0 Å². The summed E-state index contributed by atoms with van der Waals surface area (Å²) in [6.07, 6.45) is 4.02. The maximum absolute atomic E-state index is 12.3. The Morgan fingerprint density at radius 1 is 1.36 bits per heavy atom. The van der Waals surface area contributed by atoms with Crippen LogP contribution in [0.4, 0.5) is 5.00 Å². The molecule has 2 N–H and O–H groups in total. The number of nitriles is 1. The highest BCUT2D eigenvalue weighted by atomic mass is 32.1. The Balaban J connectivity index is 1.83. The zero-order chi connectivity index (χ0) is 19.8. The normalized spacial score (nSPS) is 13.0. The SMILES string of the molecule is Cc1cccc(-n2c(O)c(C=Nc3sc4c(c3C#N)CCC4)c(=O)[nH]c2=O)c1. The molecule has 0 amide bonds. The molecule has 1 aliphatic rings. The molecule has 0 saturated carbocycles. The molecule has 140 valence electrons. The highest BCUT2D eigenvalue weighted by Crippen LogP contribution is 2.40. The molecule has 28 heavy (non-hydrogen) atoms. The molecular formula is C20H16N4O3S. The van der Waals surface area contributed by atoms with Gasteiger partial charge in [-0.15, -0.1) is 11.3 Å². The number of aryl methyl sites for hydroxylation is 2. The number of aromatic nitrogens is 2. The van der Waals surface area contributed by atoms with Gasteiger partial charge in [-0.25, -0.2) is 14.4 Å². The summed E-state index contributed by atoms with van der Waals surface area (Å²) >= 11 is 1.43. The van der Waals surface area contributed by atoms with Crippen LogP contribution in [0.25, 0.3) is 5.69 Å². The molecule has 4 rings (SSSR count). The Kier molecular flexibility index (Phi) is 4.45. The quantitative estimate of drug-likeness (QED) is 0.668. The second-order valence-corrected chi connectivity index (χ2v) is 7.66. The van der Waals surface area contributed by atoms with Crippen molar-refractivity contribution in [1.29, 1.82) is 5.26 Å². The van der Waals surface area contributed by atoms with Crippen LogP contribution in [0.15, 0.2) is 38.8 Å². The van der Waals surface area contributed by atoms with E-state index >= 15 is 0 Å². The summed E-state index contributed by atoms with van der Waals surface area (Å²) in [5, 5.41) is 20.6. The number of rotatable bonds is 3. The number of aliphatic imine (C=N–C) groups is 1. The van der Waals surface area contributed by atoms with Gasteiger partial charge in [0.1, 0.15) is 16.6 Å². The van der Waals surface area contributed by atoms with Crippen LogP contribution in [-0.2, 0) is 12.8 Å². The monoisotopic (exact) mass is 392 g/mol. The van der Waals surface area contributed by atoms with Gasteiger partial charge in [0.05, 0.1) is 11.3 Å². The van der Waals surface area contributed by atoms with Crippen LogP contribution < -0.4 is 11.2 Å². The number of hydrogen-bond donors (Lipinski definition) is 2. The summed E-state index contributed by atoms with van der Waals surface area (Å²) in [6.45, 7) is 1.86. The molecule has 0 fully saturated rings. The van der Waals surface area contributed by atoms with Gasteiger partial charge >= 0.3 is 5.69 Å². The molecule has 1 aromatic carbocycles. The number of aromatic hydroxyl groups is 1. The minimum Gasteiger partial charge on any atom is -0.493 e. The number of H-pyrrole nitrogens is 1. The molecule has 8 heteroatoms. The van der Waals surface area contributed by atoms with Gasteiger partial charge in [-0.05, 0) is 49.4 Å². The van der Waals surface area contributed by atoms with Crippen LogP contribution in [0, 0.1) is 18.3 Å². The lowest BCUT2D eigenvalue weighted by molar-refractivity contribution is 0.430. The van der Waals surface area contributed by atoms with Gasteiger partial charge in [0.2, 0.25) is 5.88 Å². The number of thiophene rings is 1. The van der Waals surface area contributed by atoms with Gasteiger partial charge in [0.25, 0.3) is 5.56 Å². The fourth-order valence-corrected chi connectivity index (χ4v) is 4.56. The van der Waals surface area contributed by atoms with Crippen LogP contribution in [0.1, 0.15) is 33.6 Å². The van der Waals surface area contributed by atoms with Gasteiger partial charge in [-0.2, -0.15) is 5.26 Å². The molecule has 0 aliphatic heterocycles. The fourth-order valence-electron chi connectivity index (χ4n) is 3.38. The summed E-state index contributed by atoms with van der Waals surface area (Å²) in [4.78, 5) is 32.1. The predicted octanol–water partition coefficient (Wildman–Crippen LogP) is 2.71. The Morgan fingerprint density at radius 3 is 2.93 bits per heavy atom. The van der Waals surface area contributed by atoms with Crippen molar-refractivity contribution in [1.82, 2.24) is 9.55 Å². The lowest BCUT2D eigenvalue weighted by Crippen LogP contribution is -2.31. The van der Waals surface area contributed by atoms with E-state index in [0.29, 0.717) is 16.3 Å². The standard InChI is InChI=1S/C20H16N4O3S/c1-11-4-2-5-12(8-11)24-19(26)15(17(25)23-20(24)27)10-22-18-14(9-21)13-6-3-7-16(13)28-18/h2,4-5,8,10,26H,3,6-7H2,1H3,(H,23,25,27). The van der Waals surface area contributed by atoms with Gasteiger partial charge in [0.15, 0.2) is 0 Å². The molecule has 0 spiro atoms. The molecule has 0 saturated heterocycles. The number of nitrogens with zero attached hydrogens (tertiary/aromatic N) is 3. The second-order valence-electron chi connectivity index (χ2n) is 6.58. The average Bonchev–Trinajstić information content (AvgIpc) is 3.22. The highest BCUT2D eigenvalue weighted by Gasteiger charge is 2.22. The first kappa shape index (κ1) is 17.9. The number of hydrogen-bond acceptors (Lipinski definition) is 6. The lowest BCUT2D eigenvalue weighted by atomic mass is 10.1. The molecule has 0 bridgehead atoms. The highest BCUT2D eigenvalue weighted by molar-refractivity contribution is 7.16. The number of fused-ring (bicyclic) bond motifs is 1. The first-order valence-corrected chi connectivity index (χ1v) is 9.55. The molecule has 0 atom stereocenters. The van der Waals surface area contributed by atoms with Gasteiger partial charge in [0, 0.05) is 11.1 Å². The van der Waals surface area contributed by atoms with Crippen molar-refractivity contribution in [3.05, 3.63) is 72.2 Å². The van der Waals surface area contributed by atoms with Crippen molar-refractivity contribution in [2.45, 2.75) is 26.2 Å². The first-order chi connectivity index (χ1) is 13.5. The van der Waals surface area contributed by atoms with E-state index in [2.05, 4.69) is 16.0 Å². The van der Waals surface area contributed by atoms with Gasteiger partial charge in [-0.1, -0.05) is 12.1 Å². The van der Waals surface area contributed by atoms with Crippen LogP contribution in [0.2, 0.25) is 0 Å². The topological polar surface area (TPSA) is 111 Å². The minimum absolute atomic E-state index is 0.140. The van der Waals surface area contributed by atoms with Crippen LogP contribution >= 0.6 is 11.3 Å². The second kappa shape index (κ2) is 6.94. The first-order valence-electron chi connectivity index (χ1n) is 8.73. The lowest BCUT2D eigenvalue weighted by Gasteiger charge is -2.10. The van der Waals surface area contributed by atoms with Crippen LogP contribution in [-0.4, -0.2) is 20.9 Å². The van der Waals surface area contributed by atoms with Crippen molar-refractivity contribution < 1.29 is 5.11 Å². The van der Waals surface area contributed by atoms with E-state index < -0.39 is 17.1 Å². The third-order valence-corrected chi connectivity index (χ3v) is 5.91. The maximum atomic E-state index is 12.3. The zero-order valence-electron chi connectivity index (χ0n) is 15.0. The molecule has 1 aliphatic carbocycles. The molecule has 2 aromatic heterocycles. The Bertz CT molecular complexity index is 1270. The summed E-state index contributed by atoms with van der Waals surface area (Å²) in [5.41, 5.74) is 1.27. The van der Waals surface area contributed by atoms with Crippen molar-refractivity contribution in [2.24, 2.45) is 4.99 Å². The zero-order valence-corrected chi connectivity index (χ0v) is 15.8. The van der Waals surface area contributed by atoms with Crippen LogP contribution in [0.3, 0.4) is 0 Å².